The van der Waals surface area contributed by atoms with Crippen LogP contribution in [0, 0.1) is 0 Å². The van der Waals surface area contributed by atoms with Crippen molar-refractivity contribution < 1.29 is 4.79 Å². The molecule has 0 unspecified atom stereocenters. The van der Waals surface area contributed by atoms with E-state index in [1.54, 1.807) is 7.05 Å². The largest absolute Gasteiger partial charge is 0.369 e. The first-order chi connectivity index (χ1) is 7.63. The van der Waals surface area contributed by atoms with E-state index in [1.807, 2.05) is 6.07 Å². The zero-order chi connectivity index (χ0) is 12.0. The van der Waals surface area contributed by atoms with Gasteiger partial charge in [-0.25, -0.2) is 9.97 Å². The first-order valence-electron chi connectivity index (χ1n) is 5.40. The van der Waals surface area contributed by atoms with Gasteiger partial charge in [-0.05, 0) is 5.92 Å². The van der Waals surface area contributed by atoms with Gasteiger partial charge in [0, 0.05) is 31.8 Å². The van der Waals surface area contributed by atoms with Crippen LogP contribution in [0.3, 0.4) is 0 Å². The molecular formula is C11H18N4O. The minimum absolute atomic E-state index is 0.0191. The van der Waals surface area contributed by atoms with E-state index in [1.165, 1.54) is 6.33 Å². The van der Waals surface area contributed by atoms with Crippen molar-refractivity contribution in [1.29, 1.82) is 0 Å². The molecule has 0 fully saturated rings. The summed E-state index contributed by atoms with van der Waals surface area (Å²) in [5.41, 5.74) is 0.998. The summed E-state index contributed by atoms with van der Waals surface area (Å²) >= 11 is 0. The summed E-state index contributed by atoms with van der Waals surface area (Å²) in [6.07, 6.45) is 1.98. The lowest BCUT2D eigenvalue weighted by Gasteiger charge is -2.08. The molecule has 1 aromatic rings. The van der Waals surface area contributed by atoms with Gasteiger partial charge >= 0.3 is 0 Å². The molecule has 0 saturated carbocycles. The Kier molecular flexibility index (Phi) is 4.69. The van der Waals surface area contributed by atoms with E-state index in [0.29, 0.717) is 18.9 Å². The summed E-state index contributed by atoms with van der Waals surface area (Å²) in [7, 11) is 1.63. The molecule has 0 spiro atoms. The lowest BCUT2D eigenvalue weighted by atomic mass is 10.1. The number of nitrogens with one attached hydrogen (secondary N) is 2. The van der Waals surface area contributed by atoms with E-state index in [0.717, 1.165) is 11.5 Å². The Bertz CT molecular complexity index is 352. The topological polar surface area (TPSA) is 66.9 Å². The molecule has 1 rings (SSSR count). The van der Waals surface area contributed by atoms with Gasteiger partial charge < -0.3 is 10.6 Å². The Hall–Kier alpha value is -1.65. The van der Waals surface area contributed by atoms with Crippen molar-refractivity contribution >= 4 is 11.7 Å². The SMILES string of the molecule is CNC(=O)CCNc1cc(C(C)C)ncn1. The predicted octanol–water partition coefficient (Wildman–Crippen LogP) is 1.15. The van der Waals surface area contributed by atoms with Gasteiger partial charge in [0.25, 0.3) is 0 Å². The van der Waals surface area contributed by atoms with Crippen LogP contribution in [-0.2, 0) is 4.79 Å². The smallest absolute Gasteiger partial charge is 0.221 e. The van der Waals surface area contributed by atoms with Crippen LogP contribution in [-0.4, -0.2) is 29.5 Å². The van der Waals surface area contributed by atoms with Gasteiger partial charge in [-0.15, -0.1) is 0 Å². The first-order valence-corrected chi connectivity index (χ1v) is 5.40. The predicted molar refractivity (Wildman–Crippen MR) is 63.3 cm³/mol. The van der Waals surface area contributed by atoms with Gasteiger partial charge in [-0.2, -0.15) is 0 Å². The number of hydrogen-bond acceptors (Lipinski definition) is 4. The number of hydrogen-bond donors (Lipinski definition) is 2. The number of rotatable bonds is 5. The van der Waals surface area contributed by atoms with Crippen LogP contribution in [0.15, 0.2) is 12.4 Å². The molecule has 1 aromatic heterocycles. The Morgan fingerprint density at radius 1 is 1.44 bits per heavy atom. The van der Waals surface area contributed by atoms with E-state index in [-0.39, 0.29) is 5.91 Å². The van der Waals surface area contributed by atoms with Crippen molar-refractivity contribution in [3.63, 3.8) is 0 Å². The Balaban J connectivity index is 2.48. The summed E-state index contributed by atoms with van der Waals surface area (Å²) in [6.45, 7) is 4.74. The van der Waals surface area contributed by atoms with Crippen LogP contribution in [0.5, 0.6) is 0 Å². The fourth-order valence-corrected chi connectivity index (χ4v) is 1.21. The molecule has 1 heterocycles. The average Bonchev–Trinajstić information content (AvgIpc) is 2.29. The lowest BCUT2D eigenvalue weighted by Crippen LogP contribution is -2.21. The molecule has 2 N–H and O–H groups in total. The Labute approximate surface area is 95.7 Å². The lowest BCUT2D eigenvalue weighted by molar-refractivity contribution is -0.120. The highest BCUT2D eigenvalue weighted by Gasteiger charge is 2.03. The van der Waals surface area contributed by atoms with Gasteiger partial charge in [0.2, 0.25) is 5.91 Å². The fourth-order valence-electron chi connectivity index (χ4n) is 1.21. The third kappa shape index (κ3) is 3.84. The van der Waals surface area contributed by atoms with Crippen LogP contribution in [0.4, 0.5) is 5.82 Å². The van der Waals surface area contributed by atoms with Crippen molar-refractivity contribution in [2.24, 2.45) is 0 Å². The van der Waals surface area contributed by atoms with E-state index < -0.39 is 0 Å². The number of anilines is 1. The standard InChI is InChI=1S/C11H18N4O/c1-8(2)9-6-10(15-7-14-9)13-5-4-11(16)12-3/h6-8H,4-5H2,1-3H3,(H,12,16)(H,13,14,15). The summed E-state index contributed by atoms with van der Waals surface area (Å²) in [5.74, 6) is 1.16. The van der Waals surface area contributed by atoms with Gasteiger partial charge in [0.15, 0.2) is 0 Å². The fraction of sp³-hybridized carbons (Fsp3) is 0.545. The Morgan fingerprint density at radius 2 is 2.19 bits per heavy atom. The molecule has 5 nitrogen and oxygen atoms in total. The maximum Gasteiger partial charge on any atom is 0.221 e. The number of nitrogens with zero attached hydrogens (tertiary/aromatic N) is 2. The maximum absolute atomic E-state index is 11.0. The van der Waals surface area contributed by atoms with E-state index in [2.05, 4.69) is 34.4 Å². The van der Waals surface area contributed by atoms with Crippen molar-refractivity contribution in [3.8, 4) is 0 Å². The number of aromatic nitrogens is 2. The Morgan fingerprint density at radius 3 is 2.81 bits per heavy atom. The highest BCUT2D eigenvalue weighted by atomic mass is 16.1. The quantitative estimate of drug-likeness (QED) is 0.784. The molecule has 16 heavy (non-hydrogen) atoms. The zero-order valence-corrected chi connectivity index (χ0v) is 9.95. The molecule has 0 aliphatic carbocycles. The van der Waals surface area contributed by atoms with Gasteiger partial charge in [0.05, 0.1) is 0 Å². The maximum atomic E-state index is 11.0. The first kappa shape index (κ1) is 12.4. The minimum atomic E-state index is 0.0191. The summed E-state index contributed by atoms with van der Waals surface area (Å²) in [5, 5.41) is 5.66. The molecule has 0 aromatic carbocycles. The second kappa shape index (κ2) is 6.05. The molecule has 0 saturated heterocycles. The van der Waals surface area contributed by atoms with Gasteiger partial charge in [-0.3, -0.25) is 4.79 Å². The van der Waals surface area contributed by atoms with Gasteiger partial charge in [0.1, 0.15) is 12.1 Å². The van der Waals surface area contributed by atoms with Crippen LogP contribution in [0.2, 0.25) is 0 Å². The number of amides is 1. The molecule has 1 amide bonds. The molecule has 88 valence electrons. The van der Waals surface area contributed by atoms with Crippen LogP contribution >= 0.6 is 0 Å². The highest BCUT2D eigenvalue weighted by molar-refractivity contribution is 5.76. The second-order valence-corrected chi connectivity index (χ2v) is 3.83. The number of carbonyl (C=O) groups excluding carboxylic acids is 1. The van der Waals surface area contributed by atoms with E-state index in [4.69, 9.17) is 0 Å². The van der Waals surface area contributed by atoms with Crippen molar-refractivity contribution in [3.05, 3.63) is 18.1 Å². The van der Waals surface area contributed by atoms with E-state index in [9.17, 15) is 4.79 Å². The normalized spacial score (nSPS) is 10.2. The van der Waals surface area contributed by atoms with Crippen molar-refractivity contribution in [2.45, 2.75) is 26.2 Å². The molecule has 0 aliphatic rings. The van der Waals surface area contributed by atoms with Crippen LogP contribution < -0.4 is 10.6 Å². The van der Waals surface area contributed by atoms with Gasteiger partial charge in [-0.1, -0.05) is 13.8 Å². The van der Waals surface area contributed by atoms with Crippen molar-refractivity contribution in [2.75, 3.05) is 18.9 Å². The van der Waals surface area contributed by atoms with Crippen molar-refractivity contribution in [1.82, 2.24) is 15.3 Å². The number of carbonyl (C=O) groups is 1. The second-order valence-electron chi connectivity index (χ2n) is 3.83. The molecule has 0 radical (unpaired) electrons. The molecular weight excluding hydrogens is 204 g/mol. The van der Waals surface area contributed by atoms with E-state index >= 15 is 0 Å². The molecule has 0 aliphatic heterocycles. The highest BCUT2D eigenvalue weighted by Crippen LogP contribution is 2.13. The zero-order valence-electron chi connectivity index (χ0n) is 9.95. The molecule has 5 heteroatoms. The summed E-state index contributed by atoms with van der Waals surface area (Å²) < 4.78 is 0. The minimum Gasteiger partial charge on any atom is -0.369 e. The molecule has 0 atom stereocenters. The van der Waals surface area contributed by atoms with Crippen LogP contribution in [0.25, 0.3) is 0 Å². The monoisotopic (exact) mass is 222 g/mol. The summed E-state index contributed by atoms with van der Waals surface area (Å²) in [6, 6.07) is 1.91. The molecule has 0 bridgehead atoms. The third-order valence-corrected chi connectivity index (χ3v) is 2.22. The average molecular weight is 222 g/mol. The summed E-state index contributed by atoms with van der Waals surface area (Å²) in [4.78, 5) is 19.3. The third-order valence-electron chi connectivity index (χ3n) is 2.22. The van der Waals surface area contributed by atoms with Crippen LogP contribution in [0.1, 0.15) is 31.9 Å².